The van der Waals surface area contributed by atoms with E-state index in [4.69, 9.17) is 9.47 Å². The summed E-state index contributed by atoms with van der Waals surface area (Å²) in [5.74, 6) is 4.24. The van der Waals surface area contributed by atoms with Crippen molar-refractivity contribution >= 4 is 0 Å². The molecular formula is C23H38O2. The van der Waals surface area contributed by atoms with Gasteiger partial charge in [-0.15, -0.1) is 0 Å². The summed E-state index contributed by atoms with van der Waals surface area (Å²) in [6.07, 6.45) is 16.6. The van der Waals surface area contributed by atoms with Crippen molar-refractivity contribution in [3.8, 4) is 0 Å². The van der Waals surface area contributed by atoms with Gasteiger partial charge in [0.2, 0.25) is 0 Å². The molecule has 3 aliphatic carbocycles. The Morgan fingerprint density at radius 1 is 0.720 bits per heavy atom. The van der Waals surface area contributed by atoms with Gasteiger partial charge in [-0.05, 0) is 69.1 Å². The molecule has 5 fully saturated rings. The van der Waals surface area contributed by atoms with Gasteiger partial charge in [0, 0.05) is 0 Å². The zero-order valence-electron chi connectivity index (χ0n) is 16.6. The minimum absolute atomic E-state index is 0.232. The summed E-state index contributed by atoms with van der Waals surface area (Å²) >= 11 is 0. The highest BCUT2D eigenvalue weighted by atomic mass is 16.6. The fraction of sp³-hybridized carbons (Fsp3) is 1.00. The van der Waals surface area contributed by atoms with E-state index < -0.39 is 0 Å². The van der Waals surface area contributed by atoms with E-state index in [9.17, 15) is 0 Å². The third kappa shape index (κ3) is 2.81. The minimum Gasteiger partial charge on any atom is -0.366 e. The molecule has 5 aliphatic rings. The molecule has 0 bridgehead atoms. The first-order chi connectivity index (χ1) is 12.0. The Hall–Kier alpha value is -0.0800. The van der Waals surface area contributed by atoms with Gasteiger partial charge in [-0.1, -0.05) is 51.9 Å². The van der Waals surface area contributed by atoms with Crippen molar-refractivity contribution < 1.29 is 9.47 Å². The number of ether oxygens (including phenoxy) is 2. The van der Waals surface area contributed by atoms with E-state index in [0.29, 0.717) is 12.2 Å². The Morgan fingerprint density at radius 2 is 1.24 bits per heavy atom. The Labute approximate surface area is 154 Å². The second-order valence-corrected chi connectivity index (χ2v) is 10.6. The van der Waals surface area contributed by atoms with Crippen LogP contribution in [0.3, 0.4) is 0 Å². The smallest absolute Gasteiger partial charge is 0.0923 e. The highest BCUT2D eigenvalue weighted by molar-refractivity contribution is 5.13. The summed E-state index contributed by atoms with van der Waals surface area (Å²) < 4.78 is 12.6. The van der Waals surface area contributed by atoms with Gasteiger partial charge in [-0.2, -0.15) is 0 Å². The zero-order chi connectivity index (χ0) is 17.2. The second kappa shape index (κ2) is 5.96. The lowest BCUT2D eigenvalue weighted by Gasteiger charge is -2.44. The van der Waals surface area contributed by atoms with E-state index in [0.717, 1.165) is 29.6 Å². The monoisotopic (exact) mass is 346 g/mol. The maximum absolute atomic E-state index is 6.32. The van der Waals surface area contributed by atoms with Crippen LogP contribution in [0.2, 0.25) is 0 Å². The molecule has 25 heavy (non-hydrogen) atoms. The van der Waals surface area contributed by atoms with Gasteiger partial charge in [-0.25, -0.2) is 0 Å². The average molecular weight is 347 g/mol. The third-order valence-electron chi connectivity index (χ3n) is 9.07. The van der Waals surface area contributed by atoms with Gasteiger partial charge in [-0.3, -0.25) is 0 Å². The summed E-state index contributed by atoms with van der Waals surface area (Å²) in [7, 11) is 0. The molecule has 2 aliphatic heterocycles. The molecule has 0 aromatic rings. The molecule has 7 atom stereocenters. The topological polar surface area (TPSA) is 25.1 Å². The van der Waals surface area contributed by atoms with Gasteiger partial charge in [0.15, 0.2) is 0 Å². The van der Waals surface area contributed by atoms with E-state index in [2.05, 4.69) is 20.8 Å². The van der Waals surface area contributed by atoms with Crippen molar-refractivity contribution in [1.29, 1.82) is 0 Å². The van der Waals surface area contributed by atoms with E-state index in [1.54, 1.807) is 0 Å². The SMILES string of the molecule is CC(C1CCCCC1)C(C1CCCC2(C)OC12)C1CCCC2(C)OC12. The van der Waals surface area contributed by atoms with Crippen LogP contribution in [0.5, 0.6) is 0 Å². The van der Waals surface area contributed by atoms with Crippen molar-refractivity contribution in [2.24, 2.45) is 29.6 Å². The minimum atomic E-state index is 0.232. The Balaban J connectivity index is 1.41. The van der Waals surface area contributed by atoms with Crippen molar-refractivity contribution in [3.05, 3.63) is 0 Å². The van der Waals surface area contributed by atoms with E-state index in [1.807, 2.05) is 0 Å². The van der Waals surface area contributed by atoms with Crippen LogP contribution in [0.4, 0.5) is 0 Å². The molecule has 0 amide bonds. The van der Waals surface area contributed by atoms with Crippen LogP contribution >= 0.6 is 0 Å². The molecule has 142 valence electrons. The van der Waals surface area contributed by atoms with Gasteiger partial charge >= 0.3 is 0 Å². The van der Waals surface area contributed by atoms with Crippen molar-refractivity contribution in [3.63, 3.8) is 0 Å². The standard InChI is InChI=1S/C23H38O2/c1-15(16-9-5-4-6-10-16)19(17-11-7-13-22(2)20(17)24-22)18-12-8-14-23(3)21(18)25-23/h15-21H,4-14H2,1-3H3. The molecule has 0 N–H and O–H groups in total. The van der Waals surface area contributed by atoms with Crippen LogP contribution < -0.4 is 0 Å². The lowest BCUT2D eigenvalue weighted by Crippen LogP contribution is -2.43. The Kier molecular flexibility index (Phi) is 4.06. The first-order valence-electron chi connectivity index (χ1n) is 11.4. The normalized spacial score (nSPS) is 52.0. The van der Waals surface area contributed by atoms with Crippen LogP contribution in [0.15, 0.2) is 0 Å². The highest BCUT2D eigenvalue weighted by Crippen LogP contribution is 2.61. The molecule has 2 heteroatoms. The van der Waals surface area contributed by atoms with Crippen LogP contribution in [0.1, 0.15) is 91.4 Å². The fourth-order valence-electron chi connectivity index (χ4n) is 7.54. The number of hydrogen-bond acceptors (Lipinski definition) is 2. The number of hydrogen-bond donors (Lipinski definition) is 0. The highest BCUT2D eigenvalue weighted by Gasteiger charge is 2.65. The van der Waals surface area contributed by atoms with Crippen LogP contribution in [-0.4, -0.2) is 23.4 Å². The van der Waals surface area contributed by atoms with Crippen LogP contribution in [0.25, 0.3) is 0 Å². The lowest BCUT2D eigenvalue weighted by atomic mass is 9.59. The fourth-order valence-corrected chi connectivity index (χ4v) is 7.54. The third-order valence-corrected chi connectivity index (χ3v) is 9.07. The molecule has 2 nitrogen and oxygen atoms in total. The van der Waals surface area contributed by atoms with Crippen molar-refractivity contribution in [2.45, 2.75) is 115 Å². The number of fused-ring (bicyclic) bond motifs is 2. The maximum atomic E-state index is 6.32. The van der Waals surface area contributed by atoms with Gasteiger partial charge in [0.05, 0.1) is 23.4 Å². The van der Waals surface area contributed by atoms with Crippen LogP contribution in [0, 0.1) is 29.6 Å². The summed E-state index contributed by atoms with van der Waals surface area (Å²) in [6.45, 7) is 7.37. The molecular weight excluding hydrogens is 308 g/mol. The van der Waals surface area contributed by atoms with Crippen LogP contribution in [-0.2, 0) is 9.47 Å². The zero-order valence-corrected chi connectivity index (χ0v) is 16.6. The molecule has 7 unspecified atom stereocenters. The molecule has 0 aromatic heterocycles. The number of epoxide rings is 2. The largest absolute Gasteiger partial charge is 0.366 e. The quantitative estimate of drug-likeness (QED) is 0.607. The molecule has 0 spiro atoms. The predicted molar refractivity (Wildman–Crippen MR) is 100 cm³/mol. The molecule has 0 aromatic carbocycles. The van der Waals surface area contributed by atoms with E-state index in [-0.39, 0.29) is 11.2 Å². The van der Waals surface area contributed by atoms with Crippen molar-refractivity contribution in [1.82, 2.24) is 0 Å². The second-order valence-electron chi connectivity index (χ2n) is 10.6. The van der Waals surface area contributed by atoms with Gasteiger partial charge < -0.3 is 9.47 Å². The van der Waals surface area contributed by atoms with Gasteiger partial charge in [0.25, 0.3) is 0 Å². The Morgan fingerprint density at radius 3 is 1.76 bits per heavy atom. The molecule has 2 saturated heterocycles. The molecule has 5 rings (SSSR count). The van der Waals surface area contributed by atoms with Gasteiger partial charge in [0.1, 0.15) is 0 Å². The first-order valence-corrected chi connectivity index (χ1v) is 11.4. The Bertz CT molecular complexity index is 478. The number of rotatable bonds is 4. The molecule has 2 heterocycles. The lowest BCUT2D eigenvalue weighted by molar-refractivity contribution is 0.0475. The summed E-state index contributed by atoms with van der Waals surface area (Å²) in [4.78, 5) is 0. The summed E-state index contributed by atoms with van der Waals surface area (Å²) in [5, 5.41) is 0. The maximum Gasteiger partial charge on any atom is 0.0923 e. The summed E-state index contributed by atoms with van der Waals surface area (Å²) in [6, 6.07) is 0. The van der Waals surface area contributed by atoms with E-state index in [1.165, 1.54) is 70.6 Å². The first kappa shape index (κ1) is 17.0. The molecule has 3 saturated carbocycles. The summed E-state index contributed by atoms with van der Waals surface area (Å²) in [5.41, 5.74) is 0.464. The van der Waals surface area contributed by atoms with Crippen molar-refractivity contribution in [2.75, 3.05) is 0 Å². The molecule has 0 radical (unpaired) electrons. The average Bonchev–Trinajstić information content (AvgIpc) is 3.49. The van der Waals surface area contributed by atoms with E-state index >= 15 is 0 Å². The predicted octanol–water partition coefficient (Wildman–Crippen LogP) is 5.73.